The molecule has 0 bridgehead atoms. The van der Waals surface area contributed by atoms with E-state index in [2.05, 4.69) is 24.3 Å². The summed E-state index contributed by atoms with van der Waals surface area (Å²) in [6.07, 6.45) is 3.66. The number of sulfonamides is 1. The standard InChI is InChI=1S/C28H29NO3S/c1-22-13-16-25(17-14-22)33(30,31)29-20-8-19-28(29)21-26(24-11-6-3-7-12-24)27(32-28)18-15-23-9-4-2-5-10-23/h2-7,9-14,16-17H,8,15,18-21H2,1H3/t28-/m1/s1. The highest BCUT2D eigenvalue weighted by molar-refractivity contribution is 7.89. The van der Waals surface area contributed by atoms with Gasteiger partial charge in [0.2, 0.25) is 10.0 Å². The first-order valence-corrected chi connectivity index (χ1v) is 13.0. The second-order valence-corrected chi connectivity index (χ2v) is 10.8. The number of rotatable bonds is 6. The van der Waals surface area contributed by atoms with Gasteiger partial charge in [0.15, 0.2) is 5.72 Å². The quantitative estimate of drug-likeness (QED) is 0.458. The molecule has 0 N–H and O–H groups in total. The number of ether oxygens (including phenoxy) is 1. The molecule has 3 aromatic rings. The number of nitrogens with zero attached hydrogens (tertiary/aromatic N) is 1. The van der Waals surface area contributed by atoms with Crippen LogP contribution in [-0.4, -0.2) is 25.0 Å². The van der Waals surface area contributed by atoms with Gasteiger partial charge >= 0.3 is 0 Å². The molecule has 3 aromatic carbocycles. The van der Waals surface area contributed by atoms with Gasteiger partial charge in [-0.3, -0.25) is 0 Å². The molecular formula is C28H29NO3S. The summed E-state index contributed by atoms with van der Waals surface area (Å²) in [6, 6.07) is 27.7. The zero-order valence-corrected chi connectivity index (χ0v) is 19.7. The number of hydrogen-bond donors (Lipinski definition) is 0. The van der Waals surface area contributed by atoms with Gasteiger partial charge in [-0.25, -0.2) is 8.42 Å². The van der Waals surface area contributed by atoms with Crippen LogP contribution >= 0.6 is 0 Å². The minimum Gasteiger partial charge on any atom is -0.475 e. The third-order valence-electron chi connectivity index (χ3n) is 6.70. The van der Waals surface area contributed by atoms with Gasteiger partial charge in [-0.2, -0.15) is 4.31 Å². The van der Waals surface area contributed by atoms with Crippen molar-refractivity contribution in [1.29, 1.82) is 0 Å². The van der Waals surface area contributed by atoms with Crippen LogP contribution in [0, 0.1) is 6.92 Å². The Hall–Kier alpha value is -2.89. The molecule has 4 nitrogen and oxygen atoms in total. The van der Waals surface area contributed by atoms with Crippen LogP contribution in [0.25, 0.3) is 5.57 Å². The Labute approximate surface area is 196 Å². The van der Waals surface area contributed by atoms with Crippen molar-refractivity contribution in [3.05, 3.63) is 107 Å². The molecule has 5 heteroatoms. The van der Waals surface area contributed by atoms with E-state index in [1.807, 2.05) is 55.5 Å². The molecule has 2 aliphatic rings. The van der Waals surface area contributed by atoms with E-state index in [0.717, 1.165) is 41.7 Å². The largest absolute Gasteiger partial charge is 0.475 e. The molecule has 0 aliphatic carbocycles. The average Bonchev–Trinajstić information content (AvgIpc) is 3.43. The molecular weight excluding hydrogens is 430 g/mol. The fourth-order valence-corrected chi connectivity index (χ4v) is 6.73. The summed E-state index contributed by atoms with van der Waals surface area (Å²) in [5.74, 6) is 0.913. The van der Waals surface area contributed by atoms with Gasteiger partial charge < -0.3 is 4.74 Å². The summed E-state index contributed by atoms with van der Waals surface area (Å²) in [6.45, 7) is 2.44. The second-order valence-electron chi connectivity index (χ2n) is 8.97. The number of aryl methyl sites for hydroxylation is 2. The van der Waals surface area contributed by atoms with Crippen LogP contribution in [0.5, 0.6) is 0 Å². The van der Waals surface area contributed by atoms with E-state index in [1.165, 1.54) is 5.56 Å². The van der Waals surface area contributed by atoms with Gasteiger partial charge in [0.05, 0.1) is 4.90 Å². The number of hydrogen-bond acceptors (Lipinski definition) is 3. The van der Waals surface area contributed by atoms with Crippen molar-refractivity contribution in [2.45, 2.75) is 49.6 Å². The summed E-state index contributed by atoms with van der Waals surface area (Å²) in [4.78, 5) is 0.331. The van der Waals surface area contributed by atoms with Gasteiger partial charge in [0, 0.05) is 31.4 Å². The molecule has 1 atom stereocenters. The smallest absolute Gasteiger partial charge is 0.246 e. The first-order chi connectivity index (χ1) is 16.0. The Balaban J connectivity index is 1.48. The predicted molar refractivity (Wildman–Crippen MR) is 131 cm³/mol. The lowest BCUT2D eigenvalue weighted by molar-refractivity contribution is -0.0443. The van der Waals surface area contributed by atoms with Crippen molar-refractivity contribution in [2.75, 3.05) is 6.54 Å². The monoisotopic (exact) mass is 459 g/mol. The summed E-state index contributed by atoms with van der Waals surface area (Å²) >= 11 is 0. The van der Waals surface area contributed by atoms with Gasteiger partial charge in [-0.05, 0) is 43.0 Å². The summed E-state index contributed by atoms with van der Waals surface area (Å²) in [5.41, 5.74) is 3.67. The van der Waals surface area contributed by atoms with E-state index in [4.69, 9.17) is 4.74 Å². The van der Waals surface area contributed by atoms with Crippen LogP contribution in [0.15, 0.2) is 95.6 Å². The highest BCUT2D eigenvalue weighted by Gasteiger charge is 2.53. The maximum Gasteiger partial charge on any atom is 0.246 e. The Morgan fingerprint density at radius 2 is 1.55 bits per heavy atom. The topological polar surface area (TPSA) is 46.6 Å². The molecule has 0 aromatic heterocycles. The molecule has 0 amide bonds. The zero-order valence-electron chi connectivity index (χ0n) is 18.9. The Morgan fingerprint density at radius 3 is 2.24 bits per heavy atom. The fraction of sp³-hybridized carbons (Fsp3) is 0.286. The SMILES string of the molecule is Cc1ccc(S(=O)(=O)N2CCC[C@@]23CC(c2ccccc2)=C(CCc2ccccc2)O3)cc1. The highest BCUT2D eigenvalue weighted by Crippen LogP contribution is 2.49. The third kappa shape index (κ3) is 4.23. The van der Waals surface area contributed by atoms with E-state index in [1.54, 1.807) is 16.4 Å². The van der Waals surface area contributed by atoms with Crippen LogP contribution in [0.4, 0.5) is 0 Å². The maximum atomic E-state index is 13.7. The molecule has 1 saturated heterocycles. The molecule has 170 valence electrons. The van der Waals surface area contributed by atoms with E-state index in [9.17, 15) is 8.42 Å². The molecule has 1 fully saturated rings. The maximum absolute atomic E-state index is 13.7. The van der Waals surface area contributed by atoms with Gasteiger partial charge in [-0.1, -0.05) is 78.4 Å². The minimum absolute atomic E-state index is 0.331. The lowest BCUT2D eigenvalue weighted by atomic mass is 9.95. The van der Waals surface area contributed by atoms with Crippen molar-refractivity contribution in [1.82, 2.24) is 4.31 Å². The Kier molecular flexibility index (Phi) is 5.85. The number of allylic oxidation sites excluding steroid dienone is 1. The molecule has 33 heavy (non-hydrogen) atoms. The van der Waals surface area contributed by atoms with Crippen molar-refractivity contribution in [3.8, 4) is 0 Å². The first-order valence-electron chi connectivity index (χ1n) is 11.6. The molecule has 0 radical (unpaired) electrons. The Morgan fingerprint density at radius 1 is 0.879 bits per heavy atom. The lowest BCUT2D eigenvalue weighted by Crippen LogP contribution is -2.47. The average molecular weight is 460 g/mol. The molecule has 2 heterocycles. The van der Waals surface area contributed by atoms with Gasteiger partial charge in [0.1, 0.15) is 5.76 Å². The first kappa shape index (κ1) is 21.9. The minimum atomic E-state index is -3.66. The van der Waals surface area contributed by atoms with Crippen molar-refractivity contribution < 1.29 is 13.2 Å². The van der Waals surface area contributed by atoms with E-state index in [0.29, 0.717) is 24.3 Å². The zero-order chi connectivity index (χ0) is 22.9. The predicted octanol–water partition coefficient (Wildman–Crippen LogP) is 5.94. The summed E-state index contributed by atoms with van der Waals surface area (Å²) in [5, 5.41) is 0. The highest BCUT2D eigenvalue weighted by atomic mass is 32.2. The van der Waals surface area contributed by atoms with E-state index >= 15 is 0 Å². The number of benzene rings is 3. The van der Waals surface area contributed by atoms with Crippen molar-refractivity contribution in [3.63, 3.8) is 0 Å². The van der Waals surface area contributed by atoms with Crippen LogP contribution in [-0.2, 0) is 21.2 Å². The van der Waals surface area contributed by atoms with E-state index < -0.39 is 15.7 Å². The summed E-state index contributed by atoms with van der Waals surface area (Å²) in [7, 11) is -3.66. The van der Waals surface area contributed by atoms with Gasteiger partial charge in [0.25, 0.3) is 0 Å². The fourth-order valence-electron chi connectivity index (χ4n) is 4.99. The van der Waals surface area contributed by atoms with E-state index in [-0.39, 0.29) is 0 Å². The molecule has 1 spiro atoms. The van der Waals surface area contributed by atoms with Crippen molar-refractivity contribution in [2.24, 2.45) is 0 Å². The lowest BCUT2D eigenvalue weighted by Gasteiger charge is -2.34. The van der Waals surface area contributed by atoms with Crippen LogP contribution in [0.2, 0.25) is 0 Å². The van der Waals surface area contributed by atoms with Crippen LogP contribution < -0.4 is 0 Å². The molecule has 0 saturated carbocycles. The van der Waals surface area contributed by atoms with Crippen LogP contribution in [0.1, 0.15) is 42.4 Å². The van der Waals surface area contributed by atoms with Gasteiger partial charge in [-0.15, -0.1) is 0 Å². The van der Waals surface area contributed by atoms with Crippen molar-refractivity contribution >= 4 is 15.6 Å². The Bertz CT molecular complexity index is 1250. The molecule has 0 unspecified atom stereocenters. The third-order valence-corrected chi connectivity index (χ3v) is 8.66. The summed E-state index contributed by atoms with van der Waals surface area (Å²) < 4.78 is 35.6. The molecule has 5 rings (SSSR count). The molecule has 2 aliphatic heterocycles. The second kappa shape index (κ2) is 8.81. The normalized spacial score (nSPS) is 21.0. The van der Waals surface area contributed by atoms with Crippen LogP contribution in [0.3, 0.4) is 0 Å².